The molecular formula is C16H17N5O3S. The summed E-state index contributed by atoms with van der Waals surface area (Å²) in [6.45, 7) is 6.21. The van der Waals surface area contributed by atoms with Crippen LogP contribution in [0.4, 0.5) is 5.69 Å². The van der Waals surface area contributed by atoms with Gasteiger partial charge in [-0.3, -0.25) is 4.79 Å². The Bertz CT molecular complexity index is 954. The topological polar surface area (TPSA) is 110 Å². The van der Waals surface area contributed by atoms with E-state index in [1.807, 2.05) is 12.1 Å². The van der Waals surface area contributed by atoms with Crippen LogP contribution in [0, 0.1) is 0 Å². The van der Waals surface area contributed by atoms with Gasteiger partial charge >= 0.3 is 5.97 Å². The number of carboxylic acids is 1. The van der Waals surface area contributed by atoms with E-state index in [9.17, 15) is 9.59 Å². The molecule has 0 saturated heterocycles. The standard InChI is InChI=1S/C16H17N5O3S/c1-16(2,3)15-18-10-5-4-9(6-12(10)25-15)17-13(22)8-21-7-11(14(23)24)19-20-21/h4-7H,8H2,1-3H3,(H,17,22)(H,23,24). The average Bonchev–Trinajstić information content (AvgIpc) is 3.12. The number of fused-ring (bicyclic) bond motifs is 1. The number of benzene rings is 1. The van der Waals surface area contributed by atoms with Crippen molar-refractivity contribution in [2.45, 2.75) is 32.7 Å². The Kier molecular flexibility index (Phi) is 4.25. The first-order valence-corrected chi connectivity index (χ1v) is 8.38. The van der Waals surface area contributed by atoms with Crippen molar-refractivity contribution in [2.24, 2.45) is 0 Å². The highest BCUT2D eigenvalue weighted by molar-refractivity contribution is 7.18. The molecule has 1 aromatic carbocycles. The summed E-state index contributed by atoms with van der Waals surface area (Å²) in [5.74, 6) is -1.50. The minimum absolute atomic E-state index is 0.0258. The maximum absolute atomic E-state index is 12.1. The number of carboxylic acid groups (broad SMARTS) is 1. The Morgan fingerprint density at radius 1 is 1.32 bits per heavy atom. The Morgan fingerprint density at radius 2 is 2.08 bits per heavy atom. The van der Waals surface area contributed by atoms with E-state index >= 15 is 0 Å². The molecule has 0 aliphatic heterocycles. The number of carbonyl (C=O) groups excluding carboxylic acids is 1. The molecule has 0 unspecified atom stereocenters. The summed E-state index contributed by atoms with van der Waals surface area (Å²) in [5.41, 5.74) is 1.33. The largest absolute Gasteiger partial charge is 0.476 e. The van der Waals surface area contributed by atoms with Gasteiger partial charge in [0.2, 0.25) is 5.91 Å². The predicted molar refractivity (Wildman–Crippen MR) is 93.9 cm³/mol. The summed E-state index contributed by atoms with van der Waals surface area (Å²) in [4.78, 5) is 27.5. The Morgan fingerprint density at radius 3 is 2.72 bits per heavy atom. The van der Waals surface area contributed by atoms with Crippen LogP contribution >= 0.6 is 11.3 Å². The molecule has 130 valence electrons. The number of aromatic carboxylic acids is 1. The number of nitrogens with one attached hydrogen (secondary N) is 1. The molecule has 0 bridgehead atoms. The maximum Gasteiger partial charge on any atom is 0.358 e. The molecule has 9 heteroatoms. The molecule has 0 spiro atoms. The van der Waals surface area contributed by atoms with Crippen LogP contribution in [-0.4, -0.2) is 37.0 Å². The highest BCUT2D eigenvalue weighted by Crippen LogP contribution is 2.32. The van der Waals surface area contributed by atoms with Gasteiger partial charge in [0.1, 0.15) is 6.54 Å². The number of amides is 1. The molecular weight excluding hydrogens is 342 g/mol. The van der Waals surface area contributed by atoms with E-state index in [0.29, 0.717) is 5.69 Å². The number of hydrogen-bond acceptors (Lipinski definition) is 6. The second-order valence-corrected chi connectivity index (χ2v) is 7.64. The van der Waals surface area contributed by atoms with Gasteiger partial charge in [-0.05, 0) is 18.2 Å². The number of hydrogen-bond donors (Lipinski definition) is 2. The van der Waals surface area contributed by atoms with Crippen LogP contribution in [0.15, 0.2) is 24.4 Å². The van der Waals surface area contributed by atoms with Gasteiger partial charge in [-0.1, -0.05) is 26.0 Å². The van der Waals surface area contributed by atoms with E-state index in [4.69, 9.17) is 5.11 Å². The summed E-state index contributed by atoms with van der Waals surface area (Å²) in [6.07, 6.45) is 1.21. The van der Waals surface area contributed by atoms with Gasteiger partial charge in [-0.15, -0.1) is 16.4 Å². The normalized spacial score (nSPS) is 11.6. The highest BCUT2D eigenvalue weighted by atomic mass is 32.1. The van der Waals surface area contributed by atoms with Gasteiger partial charge in [0, 0.05) is 11.1 Å². The summed E-state index contributed by atoms with van der Waals surface area (Å²) in [5, 5.41) is 19.7. The SMILES string of the molecule is CC(C)(C)c1nc2ccc(NC(=O)Cn3cc(C(=O)O)nn3)cc2s1. The zero-order valence-electron chi connectivity index (χ0n) is 14.0. The van der Waals surface area contributed by atoms with Crippen LogP contribution in [0.3, 0.4) is 0 Å². The molecule has 0 saturated carbocycles. The number of aromatic nitrogens is 4. The lowest BCUT2D eigenvalue weighted by molar-refractivity contribution is -0.116. The molecule has 0 aliphatic carbocycles. The fourth-order valence-electron chi connectivity index (χ4n) is 2.14. The minimum Gasteiger partial charge on any atom is -0.476 e. The molecule has 0 aliphatic rings. The Balaban J connectivity index is 1.73. The zero-order valence-corrected chi connectivity index (χ0v) is 14.8. The smallest absolute Gasteiger partial charge is 0.358 e. The summed E-state index contributed by atoms with van der Waals surface area (Å²) >= 11 is 1.60. The van der Waals surface area contributed by atoms with Crippen molar-refractivity contribution >= 4 is 39.1 Å². The van der Waals surface area contributed by atoms with E-state index in [2.05, 4.69) is 41.4 Å². The first kappa shape index (κ1) is 17.0. The average molecular weight is 359 g/mol. The van der Waals surface area contributed by atoms with Gasteiger partial charge in [0.15, 0.2) is 5.69 Å². The van der Waals surface area contributed by atoms with E-state index in [0.717, 1.165) is 15.2 Å². The molecule has 3 rings (SSSR count). The van der Waals surface area contributed by atoms with E-state index in [-0.39, 0.29) is 23.6 Å². The third-order valence-corrected chi connectivity index (χ3v) is 4.82. The molecule has 3 aromatic rings. The molecule has 2 aromatic heterocycles. The molecule has 0 fully saturated rings. The molecule has 0 atom stereocenters. The fourth-order valence-corrected chi connectivity index (χ4v) is 3.21. The lowest BCUT2D eigenvalue weighted by Gasteiger charge is -2.13. The lowest BCUT2D eigenvalue weighted by Crippen LogP contribution is -2.19. The minimum atomic E-state index is -1.18. The van der Waals surface area contributed by atoms with Crippen molar-refractivity contribution in [1.82, 2.24) is 20.0 Å². The number of nitrogens with zero attached hydrogens (tertiary/aromatic N) is 4. The Labute approximate surface area is 147 Å². The van der Waals surface area contributed by atoms with E-state index < -0.39 is 5.97 Å². The number of carbonyl (C=O) groups is 2. The predicted octanol–water partition coefficient (Wildman–Crippen LogP) is 2.52. The molecule has 1 amide bonds. The third-order valence-electron chi connectivity index (χ3n) is 3.38. The molecule has 8 nitrogen and oxygen atoms in total. The maximum atomic E-state index is 12.1. The molecule has 2 N–H and O–H groups in total. The third kappa shape index (κ3) is 3.82. The summed E-state index contributed by atoms with van der Waals surface area (Å²) in [6, 6.07) is 5.54. The van der Waals surface area contributed by atoms with Gasteiger partial charge in [0.05, 0.1) is 21.4 Å². The monoisotopic (exact) mass is 359 g/mol. The fraction of sp³-hybridized carbons (Fsp3) is 0.312. The first-order valence-electron chi connectivity index (χ1n) is 7.57. The highest BCUT2D eigenvalue weighted by Gasteiger charge is 2.19. The number of anilines is 1. The van der Waals surface area contributed by atoms with Crippen molar-refractivity contribution in [2.75, 3.05) is 5.32 Å². The van der Waals surface area contributed by atoms with Gasteiger partial charge in [-0.25, -0.2) is 14.5 Å². The zero-order chi connectivity index (χ0) is 18.2. The van der Waals surface area contributed by atoms with Gasteiger partial charge in [0.25, 0.3) is 0 Å². The van der Waals surface area contributed by atoms with Crippen molar-refractivity contribution < 1.29 is 14.7 Å². The van der Waals surface area contributed by atoms with Crippen LogP contribution in [-0.2, 0) is 16.8 Å². The van der Waals surface area contributed by atoms with Crippen molar-refractivity contribution in [3.63, 3.8) is 0 Å². The lowest BCUT2D eigenvalue weighted by atomic mass is 9.98. The first-order chi connectivity index (χ1) is 11.7. The quantitative estimate of drug-likeness (QED) is 0.741. The number of thiazole rings is 1. The van der Waals surface area contributed by atoms with Crippen LogP contribution in [0.2, 0.25) is 0 Å². The van der Waals surface area contributed by atoms with Crippen LogP contribution < -0.4 is 5.32 Å². The molecule has 25 heavy (non-hydrogen) atoms. The van der Waals surface area contributed by atoms with E-state index in [1.165, 1.54) is 10.9 Å². The van der Waals surface area contributed by atoms with Crippen molar-refractivity contribution in [3.05, 3.63) is 35.1 Å². The van der Waals surface area contributed by atoms with Crippen LogP contribution in [0.5, 0.6) is 0 Å². The Hall–Kier alpha value is -2.81. The second-order valence-electron chi connectivity index (χ2n) is 6.61. The van der Waals surface area contributed by atoms with Crippen molar-refractivity contribution in [1.29, 1.82) is 0 Å². The van der Waals surface area contributed by atoms with Gasteiger partial charge in [-0.2, -0.15) is 0 Å². The summed E-state index contributed by atoms with van der Waals surface area (Å²) < 4.78 is 2.18. The second kappa shape index (κ2) is 6.25. The van der Waals surface area contributed by atoms with Crippen LogP contribution in [0.1, 0.15) is 36.3 Å². The molecule has 0 radical (unpaired) electrons. The van der Waals surface area contributed by atoms with Crippen molar-refractivity contribution in [3.8, 4) is 0 Å². The van der Waals surface area contributed by atoms with E-state index in [1.54, 1.807) is 17.4 Å². The molecule has 2 heterocycles. The number of rotatable bonds is 4. The van der Waals surface area contributed by atoms with Crippen LogP contribution in [0.25, 0.3) is 10.2 Å². The summed E-state index contributed by atoms with van der Waals surface area (Å²) in [7, 11) is 0. The van der Waals surface area contributed by atoms with Gasteiger partial charge < -0.3 is 10.4 Å².